The van der Waals surface area contributed by atoms with Gasteiger partial charge in [0.15, 0.2) is 6.61 Å². The summed E-state index contributed by atoms with van der Waals surface area (Å²) in [4.78, 5) is 4.34. The highest BCUT2D eigenvalue weighted by Gasteiger charge is 2.22. The highest BCUT2D eigenvalue weighted by molar-refractivity contribution is 6.35. The summed E-state index contributed by atoms with van der Waals surface area (Å²) in [6, 6.07) is 5.06. The average molecular weight is 314 g/mol. The van der Waals surface area contributed by atoms with Crippen molar-refractivity contribution >= 4 is 23.2 Å². The molecule has 2 aromatic rings. The molecule has 1 N–H and O–H groups in total. The van der Waals surface area contributed by atoms with Crippen LogP contribution < -0.4 is 10.1 Å². The second-order valence-corrected chi connectivity index (χ2v) is 5.45. The number of halogens is 2. The van der Waals surface area contributed by atoms with Gasteiger partial charge in [0, 0.05) is 11.6 Å². The van der Waals surface area contributed by atoms with Gasteiger partial charge >= 0.3 is 0 Å². The van der Waals surface area contributed by atoms with Gasteiger partial charge in [-0.05, 0) is 31.2 Å². The minimum atomic E-state index is 0.213. The van der Waals surface area contributed by atoms with Crippen molar-refractivity contribution in [3.63, 3.8) is 0 Å². The summed E-state index contributed by atoms with van der Waals surface area (Å²) in [5.41, 5.74) is 0. The molecule has 106 valence electrons. The highest BCUT2D eigenvalue weighted by atomic mass is 35.5. The van der Waals surface area contributed by atoms with Gasteiger partial charge in [0.05, 0.1) is 10.9 Å². The number of nitrogens with zero attached hydrogens (tertiary/aromatic N) is 2. The highest BCUT2D eigenvalue weighted by Crippen LogP contribution is 2.28. The topological polar surface area (TPSA) is 60.2 Å². The molecule has 1 aromatic heterocycles. The Bertz CT molecular complexity index is 597. The zero-order valence-electron chi connectivity index (χ0n) is 10.6. The maximum Gasteiger partial charge on any atom is 0.231 e. The molecule has 1 aromatic carbocycles. The average Bonchev–Trinajstić information content (AvgIpc) is 3.08. The first-order valence-electron chi connectivity index (χ1n) is 6.33. The Kier molecular flexibility index (Phi) is 4.10. The lowest BCUT2D eigenvalue weighted by Gasteiger charge is -2.05. The first kappa shape index (κ1) is 13.7. The van der Waals surface area contributed by atoms with Gasteiger partial charge in [0.2, 0.25) is 11.7 Å². The molecular weight excluding hydrogens is 301 g/mol. The molecule has 1 unspecified atom stereocenters. The summed E-state index contributed by atoms with van der Waals surface area (Å²) in [5, 5.41) is 8.20. The van der Waals surface area contributed by atoms with Crippen molar-refractivity contribution in [3.8, 4) is 5.75 Å². The number of benzene rings is 1. The van der Waals surface area contributed by atoms with E-state index in [9.17, 15) is 0 Å². The van der Waals surface area contributed by atoms with Crippen molar-refractivity contribution in [2.75, 3.05) is 13.1 Å². The van der Waals surface area contributed by atoms with Crippen molar-refractivity contribution in [1.29, 1.82) is 0 Å². The lowest BCUT2D eigenvalue weighted by atomic mass is 10.1. The second-order valence-electron chi connectivity index (χ2n) is 4.60. The Hall–Kier alpha value is -1.30. The van der Waals surface area contributed by atoms with Crippen LogP contribution in [0.4, 0.5) is 0 Å². The second kappa shape index (κ2) is 5.99. The van der Waals surface area contributed by atoms with Crippen LogP contribution in [0.15, 0.2) is 22.7 Å². The number of aromatic nitrogens is 2. The Morgan fingerprint density at radius 3 is 3.05 bits per heavy atom. The molecule has 0 amide bonds. The molecule has 3 rings (SSSR count). The van der Waals surface area contributed by atoms with Crippen LogP contribution >= 0.6 is 23.2 Å². The van der Waals surface area contributed by atoms with Crippen molar-refractivity contribution in [2.45, 2.75) is 18.9 Å². The van der Waals surface area contributed by atoms with Crippen LogP contribution in [-0.2, 0) is 6.61 Å². The van der Waals surface area contributed by atoms with E-state index < -0.39 is 0 Å². The van der Waals surface area contributed by atoms with E-state index in [-0.39, 0.29) is 6.61 Å². The maximum atomic E-state index is 6.02. The Balaban J connectivity index is 1.63. The lowest BCUT2D eigenvalue weighted by Crippen LogP contribution is -2.08. The molecule has 1 aliphatic rings. The third-order valence-electron chi connectivity index (χ3n) is 3.14. The quantitative estimate of drug-likeness (QED) is 0.940. The fourth-order valence-corrected chi connectivity index (χ4v) is 2.55. The summed E-state index contributed by atoms with van der Waals surface area (Å²) >= 11 is 11.8. The van der Waals surface area contributed by atoms with Crippen LogP contribution in [0.5, 0.6) is 5.75 Å². The Morgan fingerprint density at radius 1 is 1.40 bits per heavy atom. The van der Waals surface area contributed by atoms with Gasteiger partial charge in [-0.3, -0.25) is 0 Å². The van der Waals surface area contributed by atoms with Crippen LogP contribution in [0.2, 0.25) is 10.0 Å². The van der Waals surface area contributed by atoms with Gasteiger partial charge in [0.1, 0.15) is 5.75 Å². The molecule has 1 fully saturated rings. The molecule has 1 aliphatic heterocycles. The van der Waals surface area contributed by atoms with Crippen LogP contribution in [0, 0.1) is 0 Å². The van der Waals surface area contributed by atoms with Gasteiger partial charge in [-0.2, -0.15) is 4.98 Å². The molecule has 1 saturated heterocycles. The van der Waals surface area contributed by atoms with E-state index in [0.29, 0.717) is 33.4 Å². The van der Waals surface area contributed by atoms with Crippen molar-refractivity contribution in [1.82, 2.24) is 15.5 Å². The molecule has 0 spiro atoms. The molecule has 20 heavy (non-hydrogen) atoms. The SMILES string of the molecule is Clc1ccc(OCc2noc(C3CCNC3)n2)c(Cl)c1. The van der Waals surface area contributed by atoms with Gasteiger partial charge in [-0.1, -0.05) is 28.4 Å². The molecule has 2 heterocycles. The Labute approximate surface area is 126 Å². The summed E-state index contributed by atoms with van der Waals surface area (Å²) in [6.45, 7) is 2.08. The fourth-order valence-electron chi connectivity index (χ4n) is 2.09. The van der Waals surface area contributed by atoms with E-state index in [1.54, 1.807) is 18.2 Å². The van der Waals surface area contributed by atoms with E-state index in [2.05, 4.69) is 15.5 Å². The number of ether oxygens (including phenoxy) is 1. The molecular formula is C13H13Cl2N3O2. The minimum Gasteiger partial charge on any atom is -0.484 e. The summed E-state index contributed by atoms with van der Waals surface area (Å²) in [7, 11) is 0. The zero-order valence-corrected chi connectivity index (χ0v) is 12.1. The van der Waals surface area contributed by atoms with Gasteiger partial charge in [-0.15, -0.1) is 0 Å². The van der Waals surface area contributed by atoms with Crippen molar-refractivity contribution < 1.29 is 9.26 Å². The van der Waals surface area contributed by atoms with Gasteiger partial charge in [0.25, 0.3) is 0 Å². The lowest BCUT2D eigenvalue weighted by molar-refractivity contribution is 0.284. The fraction of sp³-hybridized carbons (Fsp3) is 0.385. The van der Waals surface area contributed by atoms with Gasteiger partial charge in [-0.25, -0.2) is 0 Å². The van der Waals surface area contributed by atoms with Crippen LogP contribution in [0.25, 0.3) is 0 Å². The maximum absolute atomic E-state index is 6.02. The number of hydrogen-bond acceptors (Lipinski definition) is 5. The summed E-state index contributed by atoms with van der Waals surface area (Å²) < 4.78 is 10.8. The predicted molar refractivity (Wildman–Crippen MR) is 75.3 cm³/mol. The van der Waals surface area contributed by atoms with E-state index in [0.717, 1.165) is 19.5 Å². The Morgan fingerprint density at radius 2 is 2.30 bits per heavy atom. The first-order valence-corrected chi connectivity index (χ1v) is 7.09. The van der Waals surface area contributed by atoms with Crippen molar-refractivity contribution in [3.05, 3.63) is 40.0 Å². The van der Waals surface area contributed by atoms with Gasteiger partial charge < -0.3 is 14.6 Å². The zero-order chi connectivity index (χ0) is 13.9. The third kappa shape index (κ3) is 3.06. The van der Waals surface area contributed by atoms with E-state index in [4.69, 9.17) is 32.5 Å². The van der Waals surface area contributed by atoms with E-state index >= 15 is 0 Å². The smallest absolute Gasteiger partial charge is 0.231 e. The summed E-state index contributed by atoms with van der Waals surface area (Å²) in [6.07, 6.45) is 1.02. The molecule has 5 nitrogen and oxygen atoms in total. The number of nitrogens with one attached hydrogen (secondary N) is 1. The van der Waals surface area contributed by atoms with Crippen LogP contribution in [0.1, 0.15) is 24.1 Å². The van der Waals surface area contributed by atoms with E-state index in [1.807, 2.05) is 0 Å². The predicted octanol–water partition coefficient (Wildman–Crippen LogP) is 3.03. The normalized spacial score (nSPS) is 18.4. The number of hydrogen-bond donors (Lipinski definition) is 1. The molecule has 0 saturated carbocycles. The standard InChI is InChI=1S/C13H13Cl2N3O2/c14-9-1-2-11(10(15)5-9)19-7-12-17-13(20-18-12)8-3-4-16-6-8/h1-2,5,8,16H,3-4,6-7H2. The van der Waals surface area contributed by atoms with Crippen LogP contribution in [0.3, 0.4) is 0 Å². The largest absolute Gasteiger partial charge is 0.484 e. The molecule has 0 radical (unpaired) electrons. The molecule has 0 aliphatic carbocycles. The summed E-state index contributed by atoms with van der Waals surface area (Å²) in [5.74, 6) is 2.02. The molecule has 7 heteroatoms. The molecule has 0 bridgehead atoms. The van der Waals surface area contributed by atoms with Crippen LogP contribution in [-0.4, -0.2) is 23.2 Å². The van der Waals surface area contributed by atoms with Crippen molar-refractivity contribution in [2.24, 2.45) is 0 Å². The number of rotatable bonds is 4. The molecule has 1 atom stereocenters. The third-order valence-corrected chi connectivity index (χ3v) is 3.67. The minimum absolute atomic E-state index is 0.213. The van der Waals surface area contributed by atoms with E-state index in [1.165, 1.54) is 0 Å². The monoisotopic (exact) mass is 313 g/mol. The first-order chi connectivity index (χ1) is 9.72.